The maximum atomic E-state index is 10.6. The maximum absolute atomic E-state index is 10.6. The van der Waals surface area contributed by atoms with Crippen molar-refractivity contribution in [3.05, 3.63) is 54.4 Å². The number of rotatable bonds is 4. The van der Waals surface area contributed by atoms with Crippen molar-refractivity contribution in [3.63, 3.8) is 0 Å². The van der Waals surface area contributed by atoms with Gasteiger partial charge in [-0.1, -0.05) is 36.4 Å². The highest BCUT2D eigenvalue weighted by atomic mass is 16.4. The number of hydrogen-bond donors (Lipinski definition) is 2. The summed E-state index contributed by atoms with van der Waals surface area (Å²) in [5.74, 6) is -0.768. The van der Waals surface area contributed by atoms with Gasteiger partial charge in [0.05, 0.1) is 17.4 Å². The largest absolute Gasteiger partial charge is 0.481 e. The predicted octanol–water partition coefficient (Wildman–Crippen LogP) is 3.25. The third kappa shape index (κ3) is 2.40. The molecule has 0 bridgehead atoms. The fourth-order valence-electron chi connectivity index (χ4n) is 2.30. The second kappa shape index (κ2) is 5.17. The van der Waals surface area contributed by atoms with Gasteiger partial charge in [-0.2, -0.15) is 0 Å². The molecule has 100 valence electrons. The molecule has 0 spiro atoms. The Labute approximate surface area is 116 Å². The van der Waals surface area contributed by atoms with Gasteiger partial charge in [0, 0.05) is 12.0 Å². The Morgan fingerprint density at radius 1 is 1.15 bits per heavy atom. The van der Waals surface area contributed by atoms with Crippen LogP contribution in [0.1, 0.15) is 12.0 Å². The first-order valence-corrected chi connectivity index (χ1v) is 6.47. The molecule has 0 aliphatic rings. The lowest BCUT2D eigenvalue weighted by Crippen LogP contribution is -1.97. The summed E-state index contributed by atoms with van der Waals surface area (Å²) in [5.41, 5.74) is 5.16. The molecule has 0 radical (unpaired) electrons. The van der Waals surface area contributed by atoms with Gasteiger partial charge in [-0.15, -0.1) is 0 Å². The summed E-state index contributed by atoms with van der Waals surface area (Å²) in [6.45, 7) is 0. The molecule has 0 saturated carbocycles. The number of aromatic amines is 1. The summed E-state index contributed by atoms with van der Waals surface area (Å²) in [4.78, 5) is 18.0. The zero-order chi connectivity index (χ0) is 13.9. The van der Waals surface area contributed by atoms with Crippen molar-refractivity contribution in [2.45, 2.75) is 12.8 Å². The van der Waals surface area contributed by atoms with E-state index >= 15 is 0 Å². The number of carboxylic acid groups (broad SMARTS) is 1. The van der Waals surface area contributed by atoms with Crippen LogP contribution in [0, 0.1) is 0 Å². The first-order chi connectivity index (χ1) is 9.74. The molecule has 0 aliphatic heterocycles. The Kier molecular flexibility index (Phi) is 3.21. The van der Waals surface area contributed by atoms with E-state index in [1.54, 1.807) is 6.33 Å². The molecule has 20 heavy (non-hydrogen) atoms. The number of H-pyrrole nitrogens is 1. The van der Waals surface area contributed by atoms with E-state index in [1.165, 1.54) is 0 Å². The fraction of sp³-hybridized carbons (Fsp3) is 0.125. The summed E-state index contributed by atoms with van der Waals surface area (Å²) < 4.78 is 0. The number of carbonyl (C=O) groups is 1. The van der Waals surface area contributed by atoms with Crippen LogP contribution in [-0.4, -0.2) is 21.0 Å². The molecule has 3 rings (SSSR count). The summed E-state index contributed by atoms with van der Waals surface area (Å²) in [7, 11) is 0. The third-order valence-corrected chi connectivity index (χ3v) is 3.34. The Morgan fingerprint density at radius 3 is 2.70 bits per heavy atom. The van der Waals surface area contributed by atoms with Gasteiger partial charge >= 0.3 is 5.97 Å². The monoisotopic (exact) mass is 266 g/mol. The van der Waals surface area contributed by atoms with Gasteiger partial charge in [0.1, 0.15) is 0 Å². The van der Waals surface area contributed by atoms with Crippen LogP contribution in [0.2, 0.25) is 0 Å². The van der Waals surface area contributed by atoms with E-state index in [1.807, 2.05) is 42.5 Å². The molecule has 0 fully saturated rings. The van der Waals surface area contributed by atoms with Crippen molar-refractivity contribution in [2.24, 2.45) is 0 Å². The highest BCUT2D eigenvalue weighted by Crippen LogP contribution is 2.26. The average Bonchev–Trinajstić information content (AvgIpc) is 2.94. The molecule has 0 atom stereocenters. The topological polar surface area (TPSA) is 66.0 Å². The molecule has 3 aromatic rings. The number of carboxylic acids is 1. The SMILES string of the molecule is O=C(O)CCc1ccc(-c2cccc3[nH]cnc23)cc1. The standard InChI is InChI=1S/C16H14N2O2/c19-15(20)9-6-11-4-7-12(8-5-11)13-2-1-3-14-16(13)18-10-17-14/h1-5,7-8,10H,6,9H2,(H,17,18)(H,19,20). The number of benzene rings is 2. The van der Waals surface area contributed by atoms with Gasteiger partial charge in [0.25, 0.3) is 0 Å². The Hall–Kier alpha value is -2.62. The van der Waals surface area contributed by atoms with Crippen molar-refractivity contribution in [1.29, 1.82) is 0 Å². The van der Waals surface area contributed by atoms with Crippen LogP contribution in [-0.2, 0) is 11.2 Å². The number of imidazole rings is 1. The van der Waals surface area contributed by atoms with Gasteiger partial charge in [-0.25, -0.2) is 4.98 Å². The molecular weight excluding hydrogens is 252 g/mol. The normalized spacial score (nSPS) is 10.8. The summed E-state index contributed by atoms with van der Waals surface area (Å²) >= 11 is 0. The van der Waals surface area contributed by atoms with E-state index in [9.17, 15) is 4.79 Å². The van der Waals surface area contributed by atoms with E-state index in [0.29, 0.717) is 6.42 Å². The minimum absolute atomic E-state index is 0.161. The molecule has 1 aromatic heterocycles. The van der Waals surface area contributed by atoms with Crippen LogP contribution in [0.3, 0.4) is 0 Å². The Balaban J connectivity index is 1.91. The van der Waals surface area contributed by atoms with Crippen molar-refractivity contribution in [2.75, 3.05) is 0 Å². The lowest BCUT2D eigenvalue weighted by atomic mass is 10.0. The summed E-state index contributed by atoms with van der Waals surface area (Å²) in [6, 6.07) is 14.0. The van der Waals surface area contributed by atoms with Gasteiger partial charge in [-0.05, 0) is 23.6 Å². The quantitative estimate of drug-likeness (QED) is 0.761. The van der Waals surface area contributed by atoms with E-state index in [-0.39, 0.29) is 6.42 Å². The van der Waals surface area contributed by atoms with Gasteiger partial charge in [0.2, 0.25) is 0 Å². The molecule has 0 aliphatic carbocycles. The summed E-state index contributed by atoms with van der Waals surface area (Å²) in [5, 5.41) is 8.69. The zero-order valence-corrected chi connectivity index (χ0v) is 10.8. The molecular formula is C16H14N2O2. The zero-order valence-electron chi connectivity index (χ0n) is 10.8. The molecule has 4 heteroatoms. The number of aliphatic carboxylic acids is 1. The second-order valence-corrected chi connectivity index (χ2v) is 4.69. The number of nitrogens with one attached hydrogen (secondary N) is 1. The van der Waals surface area contributed by atoms with Crippen LogP contribution in [0.25, 0.3) is 22.2 Å². The van der Waals surface area contributed by atoms with Crippen LogP contribution < -0.4 is 0 Å². The first-order valence-electron chi connectivity index (χ1n) is 6.47. The number of aryl methyl sites for hydroxylation is 1. The van der Waals surface area contributed by atoms with Gasteiger partial charge in [0.15, 0.2) is 0 Å². The predicted molar refractivity (Wildman–Crippen MR) is 77.5 cm³/mol. The number of hydrogen-bond acceptors (Lipinski definition) is 2. The smallest absolute Gasteiger partial charge is 0.303 e. The number of nitrogens with zero attached hydrogens (tertiary/aromatic N) is 1. The van der Waals surface area contributed by atoms with Gasteiger partial charge < -0.3 is 10.1 Å². The fourth-order valence-corrected chi connectivity index (χ4v) is 2.30. The van der Waals surface area contributed by atoms with Crippen LogP contribution in [0.5, 0.6) is 0 Å². The number of fused-ring (bicyclic) bond motifs is 1. The van der Waals surface area contributed by atoms with Crippen molar-refractivity contribution in [1.82, 2.24) is 9.97 Å². The molecule has 0 amide bonds. The first kappa shape index (κ1) is 12.4. The van der Waals surface area contributed by atoms with E-state index in [2.05, 4.69) is 9.97 Å². The van der Waals surface area contributed by atoms with Gasteiger partial charge in [-0.3, -0.25) is 4.79 Å². The Morgan fingerprint density at radius 2 is 1.95 bits per heavy atom. The molecule has 4 nitrogen and oxygen atoms in total. The summed E-state index contributed by atoms with van der Waals surface area (Å²) in [6.07, 6.45) is 2.41. The van der Waals surface area contributed by atoms with Crippen molar-refractivity contribution >= 4 is 17.0 Å². The number of aromatic nitrogens is 2. The molecule has 2 N–H and O–H groups in total. The number of para-hydroxylation sites is 1. The highest BCUT2D eigenvalue weighted by Gasteiger charge is 2.06. The van der Waals surface area contributed by atoms with E-state index < -0.39 is 5.97 Å². The van der Waals surface area contributed by atoms with Crippen LogP contribution in [0.4, 0.5) is 0 Å². The molecule has 2 aromatic carbocycles. The van der Waals surface area contributed by atoms with Crippen molar-refractivity contribution < 1.29 is 9.90 Å². The lowest BCUT2D eigenvalue weighted by Gasteiger charge is -2.04. The van der Waals surface area contributed by atoms with E-state index in [4.69, 9.17) is 5.11 Å². The van der Waals surface area contributed by atoms with E-state index in [0.717, 1.165) is 27.7 Å². The Bertz CT molecular complexity index is 745. The molecule has 0 saturated heterocycles. The molecule has 0 unspecified atom stereocenters. The maximum Gasteiger partial charge on any atom is 0.303 e. The van der Waals surface area contributed by atoms with Crippen molar-refractivity contribution in [3.8, 4) is 11.1 Å². The minimum atomic E-state index is -0.768. The van der Waals surface area contributed by atoms with Crippen LogP contribution in [0.15, 0.2) is 48.8 Å². The highest BCUT2D eigenvalue weighted by molar-refractivity contribution is 5.91. The third-order valence-electron chi connectivity index (χ3n) is 3.34. The second-order valence-electron chi connectivity index (χ2n) is 4.69. The minimum Gasteiger partial charge on any atom is -0.481 e. The average molecular weight is 266 g/mol. The lowest BCUT2D eigenvalue weighted by molar-refractivity contribution is -0.136. The molecule has 1 heterocycles. The van der Waals surface area contributed by atoms with Crippen LogP contribution >= 0.6 is 0 Å².